The van der Waals surface area contributed by atoms with Crippen molar-refractivity contribution in [1.29, 1.82) is 0 Å². The molecule has 1 aromatic rings. The molecule has 2 heterocycles. The highest BCUT2D eigenvalue weighted by atomic mass is 16.1. The zero-order valence-electron chi connectivity index (χ0n) is 9.49. The van der Waals surface area contributed by atoms with E-state index in [0.29, 0.717) is 18.2 Å². The van der Waals surface area contributed by atoms with Crippen LogP contribution in [0, 0.1) is 0 Å². The number of anilines is 1. The molecule has 16 heavy (non-hydrogen) atoms. The minimum Gasteiger partial charge on any atom is -0.384 e. The summed E-state index contributed by atoms with van der Waals surface area (Å²) in [5, 5.41) is 2.85. The monoisotopic (exact) mass is 219 g/mol. The number of hydrogen-bond acceptors (Lipinski definition) is 3. The summed E-state index contributed by atoms with van der Waals surface area (Å²) in [7, 11) is 0. The lowest BCUT2D eigenvalue weighted by Crippen LogP contribution is -2.33. The lowest BCUT2D eigenvalue weighted by atomic mass is 9.88. The van der Waals surface area contributed by atoms with Crippen molar-refractivity contribution < 1.29 is 4.79 Å². The Hall–Kier alpha value is -1.58. The molecule has 1 aliphatic heterocycles. The summed E-state index contributed by atoms with van der Waals surface area (Å²) >= 11 is 0. The van der Waals surface area contributed by atoms with Crippen molar-refractivity contribution in [2.24, 2.45) is 0 Å². The van der Waals surface area contributed by atoms with Crippen LogP contribution in [0.2, 0.25) is 0 Å². The first-order valence-corrected chi connectivity index (χ1v) is 5.72. The molecule has 1 aliphatic rings. The smallest absolute Gasteiger partial charge is 0.220 e. The minimum atomic E-state index is 0.134. The molecule has 1 unspecified atom stereocenters. The number of nitrogens with zero attached hydrogens (tertiary/aromatic N) is 1. The molecule has 4 nitrogen and oxygen atoms in total. The second-order valence-electron chi connectivity index (χ2n) is 4.17. The Morgan fingerprint density at radius 1 is 1.56 bits per heavy atom. The number of nitrogens with one attached hydrogen (secondary N) is 1. The Kier molecular flexibility index (Phi) is 3.08. The fraction of sp³-hybridized carbons (Fsp3) is 0.500. The largest absolute Gasteiger partial charge is 0.384 e. The molecular weight excluding hydrogens is 202 g/mol. The summed E-state index contributed by atoms with van der Waals surface area (Å²) in [4.78, 5) is 15.7. The molecule has 0 aromatic carbocycles. The zero-order valence-corrected chi connectivity index (χ0v) is 9.49. The number of amides is 1. The van der Waals surface area contributed by atoms with Gasteiger partial charge in [0.2, 0.25) is 5.91 Å². The first kappa shape index (κ1) is 10.9. The number of pyridine rings is 1. The van der Waals surface area contributed by atoms with Crippen LogP contribution in [0.1, 0.15) is 36.9 Å². The minimum absolute atomic E-state index is 0.134. The van der Waals surface area contributed by atoms with Crippen LogP contribution in [0.3, 0.4) is 0 Å². The van der Waals surface area contributed by atoms with Crippen molar-refractivity contribution in [3.8, 4) is 0 Å². The number of nitrogens with two attached hydrogens (primary N) is 1. The van der Waals surface area contributed by atoms with E-state index < -0.39 is 0 Å². The summed E-state index contributed by atoms with van der Waals surface area (Å²) in [6.07, 6.45) is 2.42. The van der Waals surface area contributed by atoms with E-state index in [1.54, 1.807) is 0 Å². The predicted octanol–water partition coefficient (Wildman–Crippen LogP) is 1.22. The molecule has 1 aromatic heterocycles. The zero-order chi connectivity index (χ0) is 11.5. The quantitative estimate of drug-likeness (QED) is 0.785. The van der Waals surface area contributed by atoms with Crippen molar-refractivity contribution in [2.45, 2.75) is 32.1 Å². The molecule has 2 rings (SSSR count). The molecule has 4 heteroatoms. The van der Waals surface area contributed by atoms with E-state index >= 15 is 0 Å². The van der Waals surface area contributed by atoms with Crippen LogP contribution in [0.25, 0.3) is 0 Å². The molecule has 1 fully saturated rings. The van der Waals surface area contributed by atoms with E-state index in [1.807, 2.05) is 12.1 Å². The number of carbonyl (C=O) groups is 1. The van der Waals surface area contributed by atoms with Crippen molar-refractivity contribution in [1.82, 2.24) is 10.3 Å². The third-order valence-electron chi connectivity index (χ3n) is 3.05. The molecule has 0 bridgehead atoms. The highest BCUT2D eigenvalue weighted by molar-refractivity contribution is 5.77. The SMILES string of the molecule is CCc1nc(N)ccc1C1CCNC(=O)C1. The maximum Gasteiger partial charge on any atom is 0.220 e. The summed E-state index contributed by atoms with van der Waals surface area (Å²) in [5.74, 6) is 0.993. The number of aromatic nitrogens is 1. The molecule has 0 aliphatic carbocycles. The van der Waals surface area contributed by atoms with Gasteiger partial charge in [0, 0.05) is 18.7 Å². The maximum absolute atomic E-state index is 11.4. The average Bonchev–Trinajstić information content (AvgIpc) is 2.28. The lowest BCUT2D eigenvalue weighted by Gasteiger charge is -2.24. The van der Waals surface area contributed by atoms with E-state index in [9.17, 15) is 4.79 Å². The average molecular weight is 219 g/mol. The molecular formula is C12H17N3O. The highest BCUT2D eigenvalue weighted by Crippen LogP contribution is 2.28. The van der Waals surface area contributed by atoms with Crippen LogP contribution in [0.4, 0.5) is 5.82 Å². The highest BCUT2D eigenvalue weighted by Gasteiger charge is 2.22. The van der Waals surface area contributed by atoms with Crippen molar-refractivity contribution in [3.63, 3.8) is 0 Å². The first-order valence-electron chi connectivity index (χ1n) is 5.72. The van der Waals surface area contributed by atoms with Gasteiger partial charge in [0.25, 0.3) is 0 Å². The Morgan fingerprint density at radius 2 is 2.38 bits per heavy atom. The van der Waals surface area contributed by atoms with Gasteiger partial charge < -0.3 is 11.1 Å². The van der Waals surface area contributed by atoms with E-state index in [2.05, 4.69) is 17.2 Å². The van der Waals surface area contributed by atoms with E-state index in [4.69, 9.17) is 5.73 Å². The van der Waals surface area contributed by atoms with Crippen molar-refractivity contribution >= 4 is 11.7 Å². The number of rotatable bonds is 2. The molecule has 0 saturated carbocycles. The number of aryl methyl sites for hydroxylation is 1. The molecule has 0 spiro atoms. The van der Waals surface area contributed by atoms with Gasteiger partial charge in [0.1, 0.15) is 5.82 Å². The second kappa shape index (κ2) is 4.51. The van der Waals surface area contributed by atoms with Gasteiger partial charge in [-0.05, 0) is 30.4 Å². The van der Waals surface area contributed by atoms with Crippen molar-refractivity contribution in [2.75, 3.05) is 12.3 Å². The molecule has 3 N–H and O–H groups in total. The fourth-order valence-corrected chi connectivity index (χ4v) is 2.23. The van der Waals surface area contributed by atoms with Gasteiger partial charge in [-0.3, -0.25) is 4.79 Å². The van der Waals surface area contributed by atoms with Gasteiger partial charge >= 0.3 is 0 Å². The van der Waals surface area contributed by atoms with Crippen molar-refractivity contribution in [3.05, 3.63) is 23.4 Å². The number of nitrogen functional groups attached to an aromatic ring is 1. The second-order valence-corrected chi connectivity index (χ2v) is 4.17. The molecule has 1 atom stereocenters. The Morgan fingerprint density at radius 3 is 3.06 bits per heavy atom. The van der Waals surface area contributed by atoms with Gasteiger partial charge in [-0.25, -0.2) is 4.98 Å². The summed E-state index contributed by atoms with van der Waals surface area (Å²) in [5.41, 5.74) is 7.88. The van der Waals surface area contributed by atoms with E-state index in [1.165, 1.54) is 5.56 Å². The van der Waals surface area contributed by atoms with E-state index in [-0.39, 0.29) is 5.91 Å². The fourth-order valence-electron chi connectivity index (χ4n) is 2.23. The summed E-state index contributed by atoms with van der Waals surface area (Å²) in [6, 6.07) is 3.84. The number of piperidine rings is 1. The van der Waals surface area contributed by atoms with Crippen LogP contribution >= 0.6 is 0 Å². The Bertz CT molecular complexity index is 403. The van der Waals surface area contributed by atoms with Gasteiger partial charge in [-0.15, -0.1) is 0 Å². The topological polar surface area (TPSA) is 68.0 Å². The van der Waals surface area contributed by atoms with Crippen LogP contribution < -0.4 is 11.1 Å². The maximum atomic E-state index is 11.4. The normalized spacial score (nSPS) is 20.6. The predicted molar refractivity (Wildman–Crippen MR) is 63.0 cm³/mol. The number of carbonyl (C=O) groups excluding carboxylic acids is 1. The summed E-state index contributed by atoms with van der Waals surface area (Å²) in [6.45, 7) is 2.82. The lowest BCUT2D eigenvalue weighted by molar-refractivity contribution is -0.122. The van der Waals surface area contributed by atoms with Gasteiger partial charge in [0.05, 0.1) is 0 Å². The molecule has 1 amide bonds. The number of hydrogen-bond donors (Lipinski definition) is 2. The molecule has 1 saturated heterocycles. The van der Waals surface area contributed by atoms with Crippen LogP contribution in [-0.4, -0.2) is 17.4 Å². The molecule has 0 radical (unpaired) electrons. The molecule has 86 valence electrons. The first-order chi connectivity index (χ1) is 7.70. The van der Waals surface area contributed by atoms with Gasteiger partial charge in [-0.1, -0.05) is 13.0 Å². The Balaban J connectivity index is 2.28. The third kappa shape index (κ3) is 2.15. The van der Waals surface area contributed by atoms with Crippen LogP contribution in [0.15, 0.2) is 12.1 Å². The Labute approximate surface area is 95.3 Å². The van der Waals surface area contributed by atoms with Gasteiger partial charge in [0.15, 0.2) is 0 Å². The summed E-state index contributed by atoms with van der Waals surface area (Å²) < 4.78 is 0. The van der Waals surface area contributed by atoms with Crippen LogP contribution in [-0.2, 0) is 11.2 Å². The van der Waals surface area contributed by atoms with Gasteiger partial charge in [-0.2, -0.15) is 0 Å². The van der Waals surface area contributed by atoms with E-state index in [0.717, 1.165) is 25.1 Å². The third-order valence-corrected chi connectivity index (χ3v) is 3.05. The van der Waals surface area contributed by atoms with Crippen LogP contribution in [0.5, 0.6) is 0 Å². The standard InChI is InChI=1S/C12H17N3O/c1-2-10-9(3-4-11(13)15-10)8-5-6-14-12(16)7-8/h3-4,8H,2,5-7H2,1H3,(H2,13,15)(H,14,16).